The van der Waals surface area contributed by atoms with Crippen LogP contribution in [0.4, 0.5) is 5.69 Å². The number of anilines is 1. The third-order valence-corrected chi connectivity index (χ3v) is 4.36. The summed E-state index contributed by atoms with van der Waals surface area (Å²) in [6.07, 6.45) is 1.21. The van der Waals surface area contributed by atoms with Crippen LogP contribution in [-0.4, -0.2) is 24.0 Å². The maximum Gasteiger partial charge on any atom is 0.0342 e. The molecule has 1 aliphatic heterocycles. The molecule has 110 valence electrons. The van der Waals surface area contributed by atoms with Gasteiger partial charge in [-0.15, -0.1) is 0 Å². The lowest BCUT2D eigenvalue weighted by atomic mass is 9.93. The maximum absolute atomic E-state index is 3.69. The van der Waals surface area contributed by atoms with E-state index >= 15 is 0 Å². The van der Waals surface area contributed by atoms with Crippen molar-refractivity contribution in [1.29, 1.82) is 0 Å². The van der Waals surface area contributed by atoms with Gasteiger partial charge in [-0.2, -0.15) is 0 Å². The van der Waals surface area contributed by atoms with E-state index < -0.39 is 0 Å². The Balaban J connectivity index is 1.54. The van der Waals surface area contributed by atoms with E-state index in [4.69, 9.17) is 0 Å². The quantitative estimate of drug-likeness (QED) is 0.910. The molecule has 0 aliphatic carbocycles. The van der Waals surface area contributed by atoms with Gasteiger partial charge in [-0.1, -0.05) is 55.5 Å². The van der Waals surface area contributed by atoms with Crippen LogP contribution in [0.3, 0.4) is 0 Å². The average molecular weight is 280 g/mol. The van der Waals surface area contributed by atoms with Crippen molar-refractivity contribution >= 4 is 5.69 Å². The number of rotatable bonds is 4. The Kier molecular flexibility index (Phi) is 4.56. The minimum absolute atomic E-state index is 0.583. The fourth-order valence-electron chi connectivity index (χ4n) is 3.18. The van der Waals surface area contributed by atoms with Crippen molar-refractivity contribution in [2.45, 2.75) is 25.9 Å². The molecule has 0 saturated carbocycles. The Morgan fingerprint density at radius 1 is 1.00 bits per heavy atom. The summed E-state index contributed by atoms with van der Waals surface area (Å²) in [6, 6.07) is 21.9. The van der Waals surface area contributed by atoms with E-state index in [0.29, 0.717) is 12.0 Å². The molecule has 0 unspecified atom stereocenters. The zero-order valence-corrected chi connectivity index (χ0v) is 12.7. The van der Waals surface area contributed by atoms with Crippen LogP contribution in [0.15, 0.2) is 60.7 Å². The largest absolute Gasteiger partial charge is 0.382 e. The minimum Gasteiger partial charge on any atom is -0.382 e. The van der Waals surface area contributed by atoms with Crippen LogP contribution in [-0.2, 0) is 6.54 Å². The third-order valence-electron chi connectivity index (χ3n) is 4.36. The van der Waals surface area contributed by atoms with Gasteiger partial charge in [0.2, 0.25) is 0 Å². The summed E-state index contributed by atoms with van der Waals surface area (Å²) in [5.41, 5.74) is 2.66. The van der Waals surface area contributed by atoms with E-state index in [9.17, 15) is 0 Å². The van der Waals surface area contributed by atoms with E-state index in [-0.39, 0.29) is 0 Å². The van der Waals surface area contributed by atoms with Crippen molar-refractivity contribution in [2.75, 3.05) is 18.4 Å². The first kappa shape index (κ1) is 14.2. The molecule has 0 amide bonds. The number of para-hydroxylation sites is 1. The number of hydrogen-bond donors (Lipinski definition) is 1. The lowest BCUT2D eigenvalue weighted by Crippen LogP contribution is -2.44. The SMILES string of the molecule is C[C@@H]1CN(Cc2ccccc2)CC[C@@H]1Nc1ccccc1. The summed E-state index contributed by atoms with van der Waals surface area (Å²) in [5, 5.41) is 3.69. The Labute approximate surface area is 127 Å². The normalized spacial score (nSPS) is 22.9. The monoisotopic (exact) mass is 280 g/mol. The van der Waals surface area contributed by atoms with Crippen LogP contribution in [0.2, 0.25) is 0 Å². The van der Waals surface area contributed by atoms with Crippen LogP contribution in [0, 0.1) is 5.92 Å². The van der Waals surface area contributed by atoms with Crippen LogP contribution in [0.1, 0.15) is 18.9 Å². The van der Waals surface area contributed by atoms with Gasteiger partial charge in [0.1, 0.15) is 0 Å². The highest BCUT2D eigenvalue weighted by Crippen LogP contribution is 2.22. The zero-order chi connectivity index (χ0) is 14.5. The number of likely N-dealkylation sites (tertiary alicyclic amines) is 1. The first-order valence-corrected chi connectivity index (χ1v) is 7.89. The smallest absolute Gasteiger partial charge is 0.0342 e. The number of piperidine rings is 1. The molecule has 2 nitrogen and oxygen atoms in total. The van der Waals surface area contributed by atoms with Crippen LogP contribution in [0.5, 0.6) is 0 Å². The molecule has 1 fully saturated rings. The van der Waals surface area contributed by atoms with E-state index in [1.165, 1.54) is 30.8 Å². The minimum atomic E-state index is 0.583. The highest BCUT2D eigenvalue weighted by atomic mass is 15.1. The van der Waals surface area contributed by atoms with E-state index in [1.54, 1.807) is 0 Å². The molecular weight excluding hydrogens is 256 g/mol. The maximum atomic E-state index is 3.69. The van der Waals surface area contributed by atoms with Gasteiger partial charge in [-0.3, -0.25) is 4.90 Å². The first-order chi connectivity index (χ1) is 10.3. The topological polar surface area (TPSA) is 15.3 Å². The number of nitrogens with one attached hydrogen (secondary N) is 1. The fraction of sp³-hybridized carbons (Fsp3) is 0.368. The van der Waals surface area contributed by atoms with Gasteiger partial charge in [-0.05, 0) is 30.0 Å². The standard InChI is InChI=1S/C19H24N2/c1-16-14-21(15-17-8-4-2-5-9-17)13-12-19(16)20-18-10-6-3-7-11-18/h2-11,16,19-20H,12-15H2,1H3/t16-,19+/m1/s1. The summed E-state index contributed by atoms with van der Waals surface area (Å²) in [7, 11) is 0. The fourth-order valence-corrected chi connectivity index (χ4v) is 3.18. The summed E-state index contributed by atoms with van der Waals surface area (Å²) >= 11 is 0. The van der Waals surface area contributed by atoms with Gasteiger partial charge >= 0.3 is 0 Å². The predicted molar refractivity (Wildman–Crippen MR) is 89.4 cm³/mol. The molecule has 2 aromatic rings. The van der Waals surface area contributed by atoms with E-state index in [1.807, 2.05) is 0 Å². The molecule has 0 aromatic heterocycles. The Hall–Kier alpha value is -1.80. The van der Waals surface area contributed by atoms with Gasteiger partial charge in [0.25, 0.3) is 0 Å². The predicted octanol–water partition coefficient (Wildman–Crippen LogP) is 4.01. The van der Waals surface area contributed by atoms with Crippen molar-refractivity contribution in [3.05, 3.63) is 66.2 Å². The molecule has 0 bridgehead atoms. The average Bonchev–Trinajstić information content (AvgIpc) is 2.52. The van der Waals surface area contributed by atoms with Crippen molar-refractivity contribution in [2.24, 2.45) is 5.92 Å². The Morgan fingerprint density at radius 3 is 2.33 bits per heavy atom. The molecule has 2 atom stereocenters. The number of benzene rings is 2. The van der Waals surface area contributed by atoms with Crippen LogP contribution < -0.4 is 5.32 Å². The van der Waals surface area contributed by atoms with Crippen LogP contribution >= 0.6 is 0 Å². The highest BCUT2D eigenvalue weighted by molar-refractivity contribution is 5.43. The molecule has 0 radical (unpaired) electrons. The van der Waals surface area contributed by atoms with Gasteiger partial charge in [0.15, 0.2) is 0 Å². The number of hydrogen-bond acceptors (Lipinski definition) is 2. The van der Waals surface area contributed by atoms with E-state index in [0.717, 1.165) is 6.54 Å². The van der Waals surface area contributed by atoms with Gasteiger partial charge < -0.3 is 5.32 Å². The van der Waals surface area contributed by atoms with Crippen molar-refractivity contribution in [3.8, 4) is 0 Å². The zero-order valence-electron chi connectivity index (χ0n) is 12.7. The second-order valence-electron chi connectivity index (χ2n) is 6.10. The van der Waals surface area contributed by atoms with E-state index in [2.05, 4.69) is 77.8 Å². The van der Waals surface area contributed by atoms with Gasteiger partial charge in [0, 0.05) is 31.4 Å². The highest BCUT2D eigenvalue weighted by Gasteiger charge is 2.25. The molecule has 3 rings (SSSR count). The lowest BCUT2D eigenvalue weighted by Gasteiger charge is -2.37. The second-order valence-corrected chi connectivity index (χ2v) is 6.10. The number of nitrogens with zero attached hydrogens (tertiary/aromatic N) is 1. The molecule has 21 heavy (non-hydrogen) atoms. The first-order valence-electron chi connectivity index (χ1n) is 7.89. The summed E-state index contributed by atoms with van der Waals surface area (Å²) in [6.45, 7) is 5.77. The summed E-state index contributed by atoms with van der Waals surface area (Å²) < 4.78 is 0. The van der Waals surface area contributed by atoms with Gasteiger partial charge in [-0.25, -0.2) is 0 Å². The lowest BCUT2D eigenvalue weighted by molar-refractivity contribution is 0.165. The van der Waals surface area contributed by atoms with Crippen molar-refractivity contribution in [1.82, 2.24) is 4.90 Å². The molecular formula is C19H24N2. The second kappa shape index (κ2) is 6.77. The van der Waals surface area contributed by atoms with Crippen LogP contribution in [0.25, 0.3) is 0 Å². The molecule has 1 saturated heterocycles. The molecule has 2 heteroatoms. The molecule has 1 N–H and O–H groups in total. The molecule has 1 heterocycles. The molecule has 1 aliphatic rings. The Bertz CT molecular complexity index is 538. The summed E-state index contributed by atoms with van der Waals surface area (Å²) in [5.74, 6) is 0.669. The summed E-state index contributed by atoms with van der Waals surface area (Å²) in [4.78, 5) is 2.57. The molecule has 2 aromatic carbocycles. The Morgan fingerprint density at radius 2 is 1.67 bits per heavy atom. The van der Waals surface area contributed by atoms with Crippen molar-refractivity contribution < 1.29 is 0 Å². The van der Waals surface area contributed by atoms with Gasteiger partial charge in [0.05, 0.1) is 0 Å². The van der Waals surface area contributed by atoms with Crippen molar-refractivity contribution in [3.63, 3.8) is 0 Å². The third kappa shape index (κ3) is 3.85. The molecule has 0 spiro atoms.